The standard InChI is InChI=1S/C27H39N3O/c1-20(10-9-11-21(2)18-25(31)29-26(4,5)6)12-13-23-22(3)24(14-15-27(23,7)8)30-17-16-28-19-30/h9-13,16-19,24H,14-15H2,1-8H3,(H,29,31)/b11-9+,13-12+,20-10+,21-18-. The molecular formula is C27H39N3O. The number of aromatic nitrogens is 2. The molecule has 1 unspecified atom stereocenters. The van der Waals surface area contributed by atoms with Crippen LogP contribution in [-0.2, 0) is 4.79 Å². The molecular weight excluding hydrogens is 382 g/mol. The largest absolute Gasteiger partial charge is 0.348 e. The van der Waals surface area contributed by atoms with Crippen molar-refractivity contribution in [3.63, 3.8) is 0 Å². The second-order valence-corrected chi connectivity index (χ2v) is 10.3. The Balaban J connectivity index is 2.12. The average molecular weight is 422 g/mol. The Morgan fingerprint density at radius 2 is 1.94 bits per heavy atom. The summed E-state index contributed by atoms with van der Waals surface area (Å²) in [5, 5.41) is 2.94. The van der Waals surface area contributed by atoms with Gasteiger partial charge in [0.05, 0.1) is 12.4 Å². The number of imidazole rings is 1. The van der Waals surface area contributed by atoms with Crippen LogP contribution in [0.15, 0.2) is 77.5 Å². The van der Waals surface area contributed by atoms with E-state index in [9.17, 15) is 4.79 Å². The lowest BCUT2D eigenvalue weighted by atomic mass is 9.71. The van der Waals surface area contributed by atoms with E-state index in [2.05, 4.69) is 67.0 Å². The van der Waals surface area contributed by atoms with Crippen LogP contribution in [0.5, 0.6) is 0 Å². The molecule has 1 aromatic rings. The van der Waals surface area contributed by atoms with Crippen LogP contribution in [0.3, 0.4) is 0 Å². The first-order chi connectivity index (χ1) is 14.4. The molecule has 4 nitrogen and oxygen atoms in total. The van der Waals surface area contributed by atoms with Crippen LogP contribution in [0.1, 0.15) is 74.3 Å². The van der Waals surface area contributed by atoms with E-state index in [1.54, 1.807) is 6.08 Å². The third-order valence-corrected chi connectivity index (χ3v) is 5.67. The Hall–Kier alpha value is -2.62. The number of rotatable bonds is 6. The van der Waals surface area contributed by atoms with Gasteiger partial charge in [0.1, 0.15) is 0 Å². The molecule has 0 spiro atoms. The van der Waals surface area contributed by atoms with Crippen molar-refractivity contribution in [1.82, 2.24) is 14.9 Å². The average Bonchev–Trinajstić information content (AvgIpc) is 3.13. The van der Waals surface area contributed by atoms with Gasteiger partial charge >= 0.3 is 0 Å². The van der Waals surface area contributed by atoms with Gasteiger partial charge in [-0.3, -0.25) is 4.79 Å². The SMILES string of the molecule is CC1=C(/C=C/C(C)=C/C=C/C(C)=C\C(=O)NC(C)(C)C)C(C)(C)CCC1n1ccnc1. The van der Waals surface area contributed by atoms with Gasteiger partial charge in [0.25, 0.3) is 0 Å². The van der Waals surface area contributed by atoms with Gasteiger partial charge < -0.3 is 9.88 Å². The Labute approximate surface area is 188 Å². The summed E-state index contributed by atoms with van der Waals surface area (Å²) in [5.41, 5.74) is 4.85. The van der Waals surface area contributed by atoms with Crippen molar-refractivity contribution in [2.75, 3.05) is 0 Å². The Morgan fingerprint density at radius 3 is 2.55 bits per heavy atom. The molecule has 1 aromatic heterocycles. The van der Waals surface area contributed by atoms with E-state index in [4.69, 9.17) is 0 Å². The highest BCUT2D eigenvalue weighted by Gasteiger charge is 2.32. The van der Waals surface area contributed by atoms with E-state index in [0.29, 0.717) is 6.04 Å². The first-order valence-electron chi connectivity index (χ1n) is 11.1. The van der Waals surface area contributed by atoms with E-state index in [-0.39, 0.29) is 16.9 Å². The van der Waals surface area contributed by atoms with E-state index < -0.39 is 0 Å². The van der Waals surface area contributed by atoms with Gasteiger partial charge in [-0.15, -0.1) is 0 Å². The molecule has 0 bridgehead atoms. The van der Waals surface area contributed by atoms with E-state index in [0.717, 1.165) is 18.4 Å². The van der Waals surface area contributed by atoms with Crippen LogP contribution >= 0.6 is 0 Å². The molecule has 0 saturated carbocycles. The van der Waals surface area contributed by atoms with Crippen LogP contribution in [0.2, 0.25) is 0 Å². The number of allylic oxidation sites excluding steroid dienone is 9. The molecule has 0 aliphatic heterocycles. The number of nitrogens with one attached hydrogen (secondary N) is 1. The highest BCUT2D eigenvalue weighted by molar-refractivity contribution is 5.89. The predicted molar refractivity (Wildman–Crippen MR) is 131 cm³/mol. The number of carbonyl (C=O) groups excluding carboxylic acids is 1. The first kappa shape index (κ1) is 24.6. The topological polar surface area (TPSA) is 46.9 Å². The minimum Gasteiger partial charge on any atom is -0.348 e. The van der Waals surface area contributed by atoms with Crippen molar-refractivity contribution in [1.29, 1.82) is 0 Å². The highest BCUT2D eigenvalue weighted by Crippen LogP contribution is 2.45. The zero-order valence-electron chi connectivity index (χ0n) is 20.5. The smallest absolute Gasteiger partial charge is 0.244 e. The molecule has 1 heterocycles. The summed E-state index contributed by atoms with van der Waals surface area (Å²) in [6.07, 6.45) is 20.2. The molecule has 168 valence electrons. The zero-order chi connectivity index (χ0) is 23.2. The Morgan fingerprint density at radius 1 is 1.23 bits per heavy atom. The lowest BCUT2D eigenvalue weighted by Crippen LogP contribution is -2.39. The Bertz CT molecular complexity index is 916. The second kappa shape index (κ2) is 10.1. The number of hydrogen-bond acceptors (Lipinski definition) is 2. The summed E-state index contributed by atoms with van der Waals surface area (Å²) in [6.45, 7) is 16.9. The lowest BCUT2D eigenvalue weighted by molar-refractivity contribution is -0.117. The van der Waals surface area contributed by atoms with Gasteiger partial charge in [0.2, 0.25) is 5.91 Å². The second-order valence-electron chi connectivity index (χ2n) is 10.3. The minimum atomic E-state index is -0.227. The highest BCUT2D eigenvalue weighted by atomic mass is 16.1. The maximum Gasteiger partial charge on any atom is 0.244 e. The predicted octanol–water partition coefficient (Wildman–Crippen LogP) is 6.48. The van der Waals surface area contributed by atoms with Crippen LogP contribution in [0, 0.1) is 5.41 Å². The van der Waals surface area contributed by atoms with Crippen LogP contribution < -0.4 is 5.32 Å². The molecule has 1 N–H and O–H groups in total. The molecule has 31 heavy (non-hydrogen) atoms. The van der Waals surface area contributed by atoms with Crippen LogP contribution in [0.4, 0.5) is 0 Å². The summed E-state index contributed by atoms with van der Waals surface area (Å²) in [6, 6.07) is 0.381. The number of nitrogens with zero attached hydrogens (tertiary/aromatic N) is 2. The summed E-state index contributed by atoms with van der Waals surface area (Å²) >= 11 is 0. The fourth-order valence-electron chi connectivity index (χ4n) is 4.03. The van der Waals surface area contributed by atoms with E-state index >= 15 is 0 Å². The number of carbonyl (C=O) groups is 1. The van der Waals surface area contributed by atoms with Crippen molar-refractivity contribution in [2.24, 2.45) is 5.41 Å². The van der Waals surface area contributed by atoms with Crippen molar-refractivity contribution in [2.45, 2.75) is 79.8 Å². The lowest BCUT2D eigenvalue weighted by Gasteiger charge is -2.37. The summed E-state index contributed by atoms with van der Waals surface area (Å²) in [7, 11) is 0. The van der Waals surface area contributed by atoms with Gasteiger partial charge in [-0.25, -0.2) is 4.98 Å². The quantitative estimate of drug-likeness (QED) is 0.422. The molecule has 1 aliphatic rings. The molecule has 0 saturated heterocycles. The fourth-order valence-corrected chi connectivity index (χ4v) is 4.03. The molecule has 1 atom stereocenters. The number of amides is 1. The molecule has 1 amide bonds. The Kier molecular flexibility index (Phi) is 8.05. The molecule has 1 aliphatic carbocycles. The molecule has 0 radical (unpaired) electrons. The van der Waals surface area contributed by atoms with Crippen molar-refractivity contribution < 1.29 is 4.79 Å². The van der Waals surface area contributed by atoms with Crippen LogP contribution in [0.25, 0.3) is 0 Å². The molecule has 0 fully saturated rings. The third kappa shape index (κ3) is 7.54. The number of hydrogen-bond donors (Lipinski definition) is 1. The minimum absolute atomic E-state index is 0.0652. The van der Waals surface area contributed by atoms with Gasteiger partial charge in [-0.2, -0.15) is 0 Å². The van der Waals surface area contributed by atoms with Crippen LogP contribution in [-0.4, -0.2) is 21.0 Å². The summed E-state index contributed by atoms with van der Waals surface area (Å²) in [5.74, 6) is -0.0652. The summed E-state index contributed by atoms with van der Waals surface area (Å²) < 4.78 is 2.22. The fraction of sp³-hybridized carbons (Fsp3) is 0.481. The van der Waals surface area contributed by atoms with Crippen molar-refractivity contribution in [3.05, 3.63) is 77.5 Å². The van der Waals surface area contributed by atoms with Gasteiger partial charge in [0, 0.05) is 24.0 Å². The van der Waals surface area contributed by atoms with Gasteiger partial charge in [0.15, 0.2) is 0 Å². The molecule has 0 aromatic carbocycles. The van der Waals surface area contributed by atoms with E-state index in [1.807, 2.05) is 52.4 Å². The monoisotopic (exact) mass is 421 g/mol. The summed E-state index contributed by atoms with van der Waals surface area (Å²) in [4.78, 5) is 16.2. The normalized spacial score (nSPS) is 20.7. The van der Waals surface area contributed by atoms with E-state index in [1.165, 1.54) is 16.7 Å². The molecule has 4 heteroatoms. The first-order valence-corrected chi connectivity index (χ1v) is 11.1. The van der Waals surface area contributed by atoms with Gasteiger partial charge in [-0.05, 0) is 76.5 Å². The van der Waals surface area contributed by atoms with Gasteiger partial charge in [-0.1, -0.05) is 49.8 Å². The maximum absolute atomic E-state index is 12.0. The van der Waals surface area contributed by atoms with Crippen molar-refractivity contribution >= 4 is 5.91 Å². The molecule has 2 rings (SSSR count). The maximum atomic E-state index is 12.0. The third-order valence-electron chi connectivity index (χ3n) is 5.67. The zero-order valence-corrected chi connectivity index (χ0v) is 20.5. The van der Waals surface area contributed by atoms with Crippen molar-refractivity contribution in [3.8, 4) is 0 Å².